The van der Waals surface area contributed by atoms with Crippen molar-refractivity contribution in [3.05, 3.63) is 11.6 Å². The van der Waals surface area contributed by atoms with Crippen molar-refractivity contribution in [1.82, 2.24) is 4.90 Å². The fourth-order valence-corrected chi connectivity index (χ4v) is 3.66. The molecule has 0 N–H and O–H groups in total. The number of amides is 1. The summed E-state index contributed by atoms with van der Waals surface area (Å²) in [5, 5.41) is 8.19. The Bertz CT molecular complexity index is 466. The molecular weight excluding hydrogens is 235 g/mol. The van der Waals surface area contributed by atoms with E-state index in [0.717, 1.165) is 6.42 Å². The predicted octanol–water partition coefficient (Wildman–Crippen LogP) is 0.747. The van der Waals surface area contributed by atoms with Gasteiger partial charge in [0.25, 0.3) is 0 Å². The molecule has 2 unspecified atom stereocenters. The van der Waals surface area contributed by atoms with Gasteiger partial charge < -0.3 is 4.90 Å². The second-order valence-electron chi connectivity index (χ2n) is 4.88. The quantitative estimate of drug-likeness (QED) is 0.596. The minimum absolute atomic E-state index is 0.0131. The van der Waals surface area contributed by atoms with E-state index in [2.05, 4.69) is 9.24 Å². The van der Waals surface area contributed by atoms with E-state index in [0.29, 0.717) is 6.54 Å². The lowest BCUT2D eigenvalue weighted by Crippen LogP contribution is -2.57. The number of ketones is 1. The normalized spacial score (nSPS) is 37.3. The zero-order chi connectivity index (χ0) is 12.8. The highest BCUT2D eigenvalue weighted by atomic mass is 31.0. The molecule has 0 aromatic carbocycles. The first-order chi connectivity index (χ1) is 7.91. The Morgan fingerprint density at radius 1 is 1.59 bits per heavy atom. The molecule has 0 saturated carbocycles. The van der Waals surface area contributed by atoms with Gasteiger partial charge in [0, 0.05) is 19.5 Å². The van der Waals surface area contributed by atoms with E-state index in [1.165, 1.54) is 0 Å². The van der Waals surface area contributed by atoms with E-state index in [9.17, 15) is 9.59 Å². The van der Waals surface area contributed by atoms with E-state index in [1.807, 2.05) is 13.0 Å². The molecule has 0 bridgehead atoms. The van der Waals surface area contributed by atoms with E-state index >= 15 is 0 Å². The van der Waals surface area contributed by atoms with Gasteiger partial charge in [-0.3, -0.25) is 9.59 Å². The van der Waals surface area contributed by atoms with Crippen molar-refractivity contribution in [3.8, 4) is 6.07 Å². The number of hydrogen-bond donors (Lipinski definition) is 0. The largest absolute Gasteiger partial charge is 0.345 e. The fraction of sp³-hybridized carbons (Fsp3) is 0.583. The Balaban J connectivity index is 2.54. The number of piperidine rings is 1. The van der Waals surface area contributed by atoms with E-state index in [1.54, 1.807) is 18.0 Å². The van der Waals surface area contributed by atoms with Crippen LogP contribution in [0.3, 0.4) is 0 Å². The number of likely N-dealkylation sites (tertiary alicyclic amines) is 1. The van der Waals surface area contributed by atoms with Crippen molar-refractivity contribution in [3.63, 3.8) is 0 Å². The van der Waals surface area contributed by atoms with Crippen molar-refractivity contribution >= 4 is 20.9 Å². The maximum atomic E-state index is 12.2. The molecular formula is C12H15N2O2P. The first kappa shape index (κ1) is 12.3. The summed E-state index contributed by atoms with van der Waals surface area (Å²) >= 11 is 0. The molecule has 2 rings (SSSR count). The highest BCUT2D eigenvalue weighted by molar-refractivity contribution is 7.21. The smallest absolute Gasteiger partial charge is 0.236 e. The average Bonchev–Trinajstić information content (AvgIpc) is 2.31. The summed E-state index contributed by atoms with van der Waals surface area (Å²) < 4.78 is 0. The van der Waals surface area contributed by atoms with Gasteiger partial charge in [0.15, 0.2) is 5.78 Å². The van der Waals surface area contributed by atoms with Crippen LogP contribution in [0.4, 0.5) is 0 Å². The number of nitriles is 1. The zero-order valence-electron chi connectivity index (χ0n) is 9.93. The van der Waals surface area contributed by atoms with Crippen LogP contribution in [0.1, 0.15) is 13.3 Å². The Hall–Kier alpha value is -1.20. The van der Waals surface area contributed by atoms with Gasteiger partial charge in [0.05, 0.1) is 10.7 Å². The third-order valence-corrected chi connectivity index (χ3v) is 4.73. The zero-order valence-corrected chi connectivity index (χ0v) is 11.1. The van der Waals surface area contributed by atoms with Crippen LogP contribution in [0.2, 0.25) is 0 Å². The molecule has 1 heterocycles. The lowest BCUT2D eigenvalue weighted by Gasteiger charge is -2.46. The van der Waals surface area contributed by atoms with Gasteiger partial charge in [-0.15, -0.1) is 9.24 Å². The van der Waals surface area contributed by atoms with Crippen molar-refractivity contribution in [2.75, 3.05) is 13.6 Å². The number of allylic oxidation sites excluding steroid dienone is 1. The molecule has 1 aliphatic heterocycles. The molecule has 4 nitrogen and oxygen atoms in total. The molecule has 0 radical (unpaired) electrons. The number of carbonyl (C=O) groups is 2. The maximum Gasteiger partial charge on any atom is 0.236 e. The molecule has 0 aromatic rings. The van der Waals surface area contributed by atoms with Crippen LogP contribution in [-0.2, 0) is 9.59 Å². The molecule has 5 heteroatoms. The number of hydrogen-bond acceptors (Lipinski definition) is 3. The number of carbonyl (C=O) groups excluding carboxylic acids is 2. The number of nitrogens with zero attached hydrogens (tertiary/aromatic N) is 2. The van der Waals surface area contributed by atoms with Crippen LogP contribution in [0.25, 0.3) is 0 Å². The molecule has 1 saturated heterocycles. The van der Waals surface area contributed by atoms with E-state index < -0.39 is 5.16 Å². The summed E-state index contributed by atoms with van der Waals surface area (Å²) in [6, 6.07) is 1.91. The van der Waals surface area contributed by atoms with Crippen LogP contribution >= 0.6 is 9.24 Å². The first-order valence-corrected chi connectivity index (χ1v) is 6.21. The van der Waals surface area contributed by atoms with Crippen LogP contribution < -0.4 is 0 Å². The Labute approximate surface area is 103 Å². The molecule has 2 aliphatic rings. The minimum atomic E-state index is -0.772. The van der Waals surface area contributed by atoms with Gasteiger partial charge >= 0.3 is 0 Å². The summed E-state index contributed by atoms with van der Waals surface area (Å²) in [6.45, 7) is 2.49. The summed E-state index contributed by atoms with van der Waals surface area (Å²) in [7, 11) is 4.32. The highest BCUT2D eigenvalue weighted by Gasteiger charge is 2.52. The van der Waals surface area contributed by atoms with Gasteiger partial charge in [-0.25, -0.2) is 0 Å². The van der Waals surface area contributed by atoms with Crippen LogP contribution in [0, 0.1) is 23.2 Å². The van der Waals surface area contributed by atoms with Gasteiger partial charge in [-0.2, -0.15) is 5.26 Å². The lowest BCUT2D eigenvalue weighted by molar-refractivity contribution is -0.138. The third-order valence-electron chi connectivity index (χ3n) is 3.89. The van der Waals surface area contributed by atoms with Gasteiger partial charge in [0.2, 0.25) is 5.91 Å². The topological polar surface area (TPSA) is 61.2 Å². The van der Waals surface area contributed by atoms with Crippen molar-refractivity contribution < 1.29 is 9.59 Å². The summed E-state index contributed by atoms with van der Waals surface area (Å²) in [5.41, 5.74) is 0.118. The Kier molecular flexibility index (Phi) is 2.83. The van der Waals surface area contributed by atoms with Crippen molar-refractivity contribution in [2.24, 2.45) is 11.8 Å². The Morgan fingerprint density at radius 2 is 2.24 bits per heavy atom. The van der Waals surface area contributed by atoms with E-state index in [4.69, 9.17) is 5.26 Å². The number of Topliss-reactive ketones (excluding diaryl/α,β-unsaturated/α-hetero) is 1. The molecule has 1 aliphatic carbocycles. The van der Waals surface area contributed by atoms with Crippen LogP contribution in [0.15, 0.2) is 11.6 Å². The van der Waals surface area contributed by atoms with Gasteiger partial charge in [-0.1, -0.05) is 6.92 Å². The van der Waals surface area contributed by atoms with Crippen LogP contribution in [0.5, 0.6) is 0 Å². The highest BCUT2D eigenvalue weighted by Crippen LogP contribution is 2.46. The fourth-order valence-electron chi connectivity index (χ4n) is 2.82. The summed E-state index contributed by atoms with van der Waals surface area (Å²) in [4.78, 5) is 25.8. The van der Waals surface area contributed by atoms with Crippen molar-refractivity contribution in [2.45, 2.75) is 18.5 Å². The lowest BCUT2D eigenvalue weighted by atomic mass is 9.69. The summed E-state index contributed by atoms with van der Waals surface area (Å²) in [6.07, 6.45) is 2.34. The molecule has 0 aromatic heterocycles. The SMILES string of the molecule is C[C@H]1C(=O)C(C#N)=C[C@@]2(P)C(=O)N(C)CCC12. The maximum absolute atomic E-state index is 12.2. The monoisotopic (exact) mass is 250 g/mol. The van der Waals surface area contributed by atoms with Crippen LogP contribution in [-0.4, -0.2) is 35.3 Å². The average molecular weight is 250 g/mol. The molecule has 0 spiro atoms. The molecule has 1 amide bonds. The third kappa shape index (κ3) is 1.61. The Morgan fingerprint density at radius 3 is 2.82 bits per heavy atom. The second kappa shape index (κ2) is 3.92. The minimum Gasteiger partial charge on any atom is -0.345 e. The first-order valence-electron chi connectivity index (χ1n) is 5.63. The summed E-state index contributed by atoms with van der Waals surface area (Å²) in [5.74, 6) is -0.427. The van der Waals surface area contributed by atoms with Crippen molar-refractivity contribution in [1.29, 1.82) is 5.26 Å². The standard InChI is InChI=1S/C12H15N2O2P/c1-7-9-3-4-14(2)11(16)12(9,17)5-8(6-13)10(7)15/h5,7,9H,3-4,17H2,1-2H3/t7-,9?,12+/m1/s1. The molecule has 90 valence electrons. The van der Waals surface area contributed by atoms with Gasteiger partial charge in [0.1, 0.15) is 6.07 Å². The van der Waals surface area contributed by atoms with E-state index in [-0.39, 0.29) is 29.1 Å². The molecule has 1 fully saturated rings. The second-order valence-corrected chi connectivity index (χ2v) is 5.83. The predicted molar refractivity (Wildman–Crippen MR) is 66.1 cm³/mol. The molecule has 17 heavy (non-hydrogen) atoms. The molecule has 4 atom stereocenters. The number of rotatable bonds is 0. The van der Waals surface area contributed by atoms with Gasteiger partial charge in [-0.05, 0) is 18.4 Å². The number of fused-ring (bicyclic) bond motifs is 1.